The minimum Gasteiger partial charge on any atom is -0.466 e. The Kier molecular flexibility index (Phi) is 5.37. The van der Waals surface area contributed by atoms with Gasteiger partial charge in [-0.15, -0.1) is 11.8 Å². The smallest absolute Gasteiger partial charge is 0.355 e. The van der Waals surface area contributed by atoms with Crippen LogP contribution >= 0.6 is 23.4 Å². The molecule has 1 saturated heterocycles. The van der Waals surface area contributed by atoms with Crippen molar-refractivity contribution >= 4 is 41.0 Å². The number of thioether (sulfide) groups is 1. The number of benzene rings is 1. The molecular formula is C16H18ClNO4S. The molecule has 2 rings (SSSR count). The molecule has 7 heteroatoms. The fourth-order valence-corrected chi connectivity index (χ4v) is 4.30. The predicted molar refractivity (Wildman–Crippen MR) is 88.0 cm³/mol. The van der Waals surface area contributed by atoms with Crippen molar-refractivity contribution in [3.63, 3.8) is 0 Å². The van der Waals surface area contributed by atoms with Crippen LogP contribution < -0.4 is 0 Å². The van der Waals surface area contributed by atoms with E-state index in [1.807, 2.05) is 37.3 Å². The van der Waals surface area contributed by atoms with E-state index in [0.717, 1.165) is 16.9 Å². The van der Waals surface area contributed by atoms with Gasteiger partial charge in [0, 0.05) is 4.90 Å². The van der Waals surface area contributed by atoms with Crippen molar-refractivity contribution in [2.75, 3.05) is 7.11 Å². The number of amides is 1. The van der Waals surface area contributed by atoms with Gasteiger partial charge in [-0.1, -0.05) is 36.7 Å². The van der Waals surface area contributed by atoms with Crippen molar-refractivity contribution in [3.05, 3.63) is 30.3 Å². The number of ketones is 1. The molecule has 0 aromatic heterocycles. The van der Waals surface area contributed by atoms with E-state index in [2.05, 4.69) is 4.74 Å². The van der Waals surface area contributed by atoms with Crippen molar-refractivity contribution < 1.29 is 19.1 Å². The van der Waals surface area contributed by atoms with E-state index in [-0.39, 0.29) is 11.8 Å². The Morgan fingerprint density at radius 3 is 2.43 bits per heavy atom. The van der Waals surface area contributed by atoms with Crippen LogP contribution in [0.25, 0.3) is 0 Å². The molecular weight excluding hydrogens is 338 g/mol. The van der Waals surface area contributed by atoms with Crippen LogP contribution in [0.5, 0.6) is 0 Å². The van der Waals surface area contributed by atoms with Crippen LogP contribution in [-0.4, -0.2) is 40.0 Å². The highest BCUT2D eigenvalue weighted by Crippen LogP contribution is 2.46. The fraction of sp³-hybridized carbons (Fsp3) is 0.438. The van der Waals surface area contributed by atoms with Crippen molar-refractivity contribution in [1.29, 1.82) is 0 Å². The van der Waals surface area contributed by atoms with Gasteiger partial charge >= 0.3 is 5.97 Å². The van der Waals surface area contributed by atoms with Crippen molar-refractivity contribution in [2.24, 2.45) is 5.92 Å². The summed E-state index contributed by atoms with van der Waals surface area (Å²) in [6, 6.07) is 9.46. The summed E-state index contributed by atoms with van der Waals surface area (Å²) in [5, 5.41) is -0.393. The molecule has 1 amide bonds. The quantitative estimate of drug-likeness (QED) is 0.258. The van der Waals surface area contributed by atoms with Gasteiger partial charge in [0.25, 0.3) is 5.00 Å². The SMILES string of the molecule is CC[C@H]1C(=O)N([C@](Cl)(C(C)=O)C(=O)OC)[C@@H]1Sc1ccccc1. The number of likely N-dealkylation sites (tertiary alicyclic amines) is 1. The van der Waals surface area contributed by atoms with Crippen LogP contribution in [0, 0.1) is 5.92 Å². The summed E-state index contributed by atoms with van der Waals surface area (Å²) in [5.74, 6) is -2.17. The van der Waals surface area contributed by atoms with E-state index in [0.29, 0.717) is 6.42 Å². The number of halogens is 1. The molecule has 0 radical (unpaired) electrons. The third-order valence-corrected chi connectivity index (χ3v) is 5.78. The molecule has 1 fully saturated rings. The number of carbonyl (C=O) groups is 3. The molecule has 23 heavy (non-hydrogen) atoms. The van der Waals surface area contributed by atoms with Gasteiger partial charge in [0.2, 0.25) is 5.91 Å². The molecule has 124 valence electrons. The topological polar surface area (TPSA) is 63.7 Å². The Hall–Kier alpha value is -1.53. The zero-order valence-corrected chi connectivity index (χ0v) is 14.7. The van der Waals surface area contributed by atoms with Crippen LogP contribution in [0.15, 0.2) is 35.2 Å². The van der Waals surface area contributed by atoms with Crippen LogP contribution in [0.2, 0.25) is 0 Å². The number of Topliss-reactive ketones (excluding diaryl/α,β-unsaturated/α-hetero) is 1. The molecule has 0 bridgehead atoms. The van der Waals surface area contributed by atoms with Crippen molar-refractivity contribution in [2.45, 2.75) is 35.5 Å². The van der Waals surface area contributed by atoms with Gasteiger partial charge in [0.05, 0.1) is 18.4 Å². The summed E-state index contributed by atoms with van der Waals surface area (Å²) >= 11 is 7.68. The number of esters is 1. The highest BCUT2D eigenvalue weighted by molar-refractivity contribution is 8.00. The summed E-state index contributed by atoms with van der Waals surface area (Å²) in [6.07, 6.45) is 0.603. The molecule has 1 aliphatic heterocycles. The predicted octanol–water partition coefficient (Wildman–Crippen LogP) is 2.67. The van der Waals surface area contributed by atoms with Crippen LogP contribution in [0.4, 0.5) is 0 Å². The van der Waals surface area contributed by atoms with Gasteiger partial charge < -0.3 is 4.74 Å². The maximum Gasteiger partial charge on any atom is 0.355 e. The van der Waals surface area contributed by atoms with Crippen LogP contribution in [-0.2, 0) is 19.1 Å². The van der Waals surface area contributed by atoms with Gasteiger partial charge in [-0.05, 0) is 25.5 Å². The highest BCUT2D eigenvalue weighted by atomic mass is 35.5. The summed E-state index contributed by atoms with van der Waals surface area (Å²) < 4.78 is 4.65. The van der Waals surface area contributed by atoms with E-state index in [4.69, 9.17) is 11.6 Å². The monoisotopic (exact) mass is 355 g/mol. The first kappa shape index (κ1) is 17.8. The third-order valence-electron chi connectivity index (χ3n) is 3.85. The van der Waals surface area contributed by atoms with Gasteiger partial charge in [-0.25, -0.2) is 4.79 Å². The maximum atomic E-state index is 12.4. The molecule has 1 aromatic rings. The molecule has 0 saturated carbocycles. The van der Waals surface area contributed by atoms with Gasteiger partial charge in [-0.3, -0.25) is 14.5 Å². The number of nitrogens with zero attached hydrogens (tertiary/aromatic N) is 1. The fourth-order valence-electron chi connectivity index (χ4n) is 2.55. The molecule has 1 aliphatic rings. The summed E-state index contributed by atoms with van der Waals surface area (Å²) in [4.78, 5) is 36.5. The minimum atomic E-state index is -2.11. The number of hydrogen-bond donors (Lipinski definition) is 0. The number of methoxy groups -OCH3 is 1. The second-order valence-electron chi connectivity index (χ2n) is 5.21. The average molecular weight is 356 g/mol. The molecule has 0 aliphatic carbocycles. The molecule has 0 unspecified atom stereocenters. The lowest BCUT2D eigenvalue weighted by Crippen LogP contribution is -2.71. The zero-order chi connectivity index (χ0) is 17.2. The number of β-lactam (4-membered cyclic amide) rings is 1. The normalized spacial score (nSPS) is 23.0. The average Bonchev–Trinajstić information content (AvgIpc) is 2.54. The Labute approximate surface area is 144 Å². The second kappa shape index (κ2) is 6.93. The number of rotatable bonds is 6. The zero-order valence-electron chi connectivity index (χ0n) is 13.1. The van der Waals surface area contributed by atoms with Gasteiger partial charge in [0.15, 0.2) is 5.78 Å². The molecule has 1 aromatic carbocycles. The Morgan fingerprint density at radius 1 is 1.35 bits per heavy atom. The first-order valence-corrected chi connectivity index (χ1v) is 8.46. The Bertz CT molecular complexity index is 624. The van der Waals surface area contributed by atoms with E-state index in [1.165, 1.54) is 18.7 Å². The molecule has 1 heterocycles. The van der Waals surface area contributed by atoms with E-state index in [9.17, 15) is 14.4 Å². The van der Waals surface area contributed by atoms with Crippen LogP contribution in [0.3, 0.4) is 0 Å². The number of carbonyl (C=O) groups excluding carboxylic acids is 3. The van der Waals surface area contributed by atoms with Gasteiger partial charge in [0.1, 0.15) is 0 Å². The lowest BCUT2D eigenvalue weighted by atomic mass is 9.92. The van der Waals surface area contributed by atoms with E-state index < -0.39 is 22.1 Å². The lowest BCUT2D eigenvalue weighted by molar-refractivity contribution is -0.172. The molecule has 3 atom stereocenters. The minimum absolute atomic E-state index is 0.290. The largest absolute Gasteiger partial charge is 0.466 e. The number of hydrogen-bond acceptors (Lipinski definition) is 5. The number of alkyl halides is 1. The molecule has 0 spiro atoms. The number of ether oxygens (including phenoxy) is 1. The van der Waals surface area contributed by atoms with Crippen molar-refractivity contribution in [3.8, 4) is 0 Å². The summed E-state index contributed by atoms with van der Waals surface area (Å²) in [6.45, 7) is 3.07. The summed E-state index contributed by atoms with van der Waals surface area (Å²) in [7, 11) is 1.14. The summed E-state index contributed by atoms with van der Waals surface area (Å²) in [5.41, 5.74) is 0. The first-order valence-electron chi connectivity index (χ1n) is 7.21. The molecule has 5 nitrogen and oxygen atoms in total. The third kappa shape index (κ3) is 2.97. The van der Waals surface area contributed by atoms with Crippen molar-refractivity contribution in [1.82, 2.24) is 4.90 Å². The van der Waals surface area contributed by atoms with E-state index >= 15 is 0 Å². The Balaban J connectivity index is 2.36. The second-order valence-corrected chi connectivity index (χ2v) is 6.95. The Morgan fingerprint density at radius 2 is 1.96 bits per heavy atom. The lowest BCUT2D eigenvalue weighted by Gasteiger charge is -2.51. The molecule has 0 N–H and O–H groups in total. The highest BCUT2D eigenvalue weighted by Gasteiger charge is 2.62. The van der Waals surface area contributed by atoms with E-state index in [1.54, 1.807) is 0 Å². The standard InChI is InChI=1S/C16H18ClNO4S/c1-4-12-13(20)18(16(17,10(2)19)15(21)22-3)14(12)23-11-8-6-5-7-9-11/h5-9,12,14H,4H2,1-3H3/t12-,14+,16+/m0/s1. The maximum absolute atomic E-state index is 12.4. The van der Waals surface area contributed by atoms with Gasteiger partial charge in [-0.2, -0.15) is 0 Å². The first-order chi connectivity index (χ1) is 10.9. The van der Waals surface area contributed by atoms with Crippen LogP contribution in [0.1, 0.15) is 20.3 Å².